The van der Waals surface area contributed by atoms with E-state index in [1.807, 2.05) is 0 Å². The third-order valence-corrected chi connectivity index (χ3v) is 6.00. The second kappa shape index (κ2) is 6.12. The molecule has 1 aromatic rings. The van der Waals surface area contributed by atoms with Crippen molar-refractivity contribution in [2.45, 2.75) is 64.8 Å². The molecule has 3 rings (SSSR count). The molecular formula is C20H31N. The molecule has 1 heteroatoms. The number of hydrogen-bond donors (Lipinski definition) is 1. The van der Waals surface area contributed by atoms with Crippen LogP contribution in [0.4, 0.5) is 0 Å². The van der Waals surface area contributed by atoms with E-state index in [0.717, 1.165) is 17.8 Å². The van der Waals surface area contributed by atoms with Crippen LogP contribution in [0.15, 0.2) is 30.3 Å². The molecule has 1 aliphatic heterocycles. The molecule has 1 aliphatic carbocycles. The van der Waals surface area contributed by atoms with Gasteiger partial charge in [0.25, 0.3) is 0 Å². The van der Waals surface area contributed by atoms with Gasteiger partial charge < -0.3 is 5.32 Å². The average molecular weight is 285 g/mol. The maximum absolute atomic E-state index is 3.83. The Hall–Kier alpha value is -0.820. The van der Waals surface area contributed by atoms with E-state index < -0.39 is 0 Å². The van der Waals surface area contributed by atoms with Crippen LogP contribution in [0.1, 0.15) is 64.4 Å². The highest BCUT2D eigenvalue weighted by Gasteiger charge is 2.38. The van der Waals surface area contributed by atoms with Crippen LogP contribution in [0.3, 0.4) is 0 Å². The lowest BCUT2D eigenvalue weighted by atomic mass is 9.67. The Morgan fingerprint density at radius 2 is 1.57 bits per heavy atom. The third-order valence-electron chi connectivity index (χ3n) is 6.00. The average Bonchev–Trinajstić information content (AvgIpc) is 2.97. The summed E-state index contributed by atoms with van der Waals surface area (Å²) >= 11 is 0. The molecule has 2 fully saturated rings. The molecular weight excluding hydrogens is 254 g/mol. The van der Waals surface area contributed by atoms with Gasteiger partial charge in [0.1, 0.15) is 0 Å². The van der Waals surface area contributed by atoms with Crippen molar-refractivity contribution in [3.05, 3.63) is 35.9 Å². The number of nitrogens with one attached hydrogen (secondary N) is 1. The highest BCUT2D eigenvalue weighted by atomic mass is 15.0. The Morgan fingerprint density at radius 3 is 2.19 bits per heavy atom. The predicted octanol–water partition coefficient (Wildman–Crippen LogP) is 4.98. The van der Waals surface area contributed by atoms with Gasteiger partial charge >= 0.3 is 0 Å². The fourth-order valence-corrected chi connectivity index (χ4v) is 4.64. The summed E-state index contributed by atoms with van der Waals surface area (Å²) in [5.41, 5.74) is 2.04. The van der Waals surface area contributed by atoms with Crippen molar-refractivity contribution in [2.24, 2.45) is 17.3 Å². The summed E-state index contributed by atoms with van der Waals surface area (Å²) in [5.74, 6) is 2.55. The summed E-state index contributed by atoms with van der Waals surface area (Å²) in [7, 11) is 0. The molecule has 0 amide bonds. The van der Waals surface area contributed by atoms with Crippen LogP contribution in [-0.4, -0.2) is 12.6 Å². The van der Waals surface area contributed by atoms with Gasteiger partial charge in [-0.1, -0.05) is 51.1 Å². The van der Waals surface area contributed by atoms with E-state index >= 15 is 0 Å². The van der Waals surface area contributed by atoms with Crippen LogP contribution < -0.4 is 5.32 Å². The monoisotopic (exact) mass is 285 g/mol. The fourth-order valence-electron chi connectivity index (χ4n) is 4.64. The first-order chi connectivity index (χ1) is 10.1. The molecule has 0 aromatic heterocycles. The van der Waals surface area contributed by atoms with Crippen molar-refractivity contribution in [2.75, 3.05) is 6.54 Å². The minimum Gasteiger partial charge on any atom is -0.313 e. The molecule has 0 spiro atoms. The Bertz CT molecular complexity index is 437. The normalized spacial score (nSPS) is 34.0. The fraction of sp³-hybridized carbons (Fsp3) is 0.700. The smallest absolute Gasteiger partial charge is 0.0164 e. The highest BCUT2D eigenvalue weighted by Crippen LogP contribution is 2.44. The Kier molecular flexibility index (Phi) is 4.40. The molecule has 116 valence electrons. The Balaban J connectivity index is 1.65. The van der Waals surface area contributed by atoms with Crippen LogP contribution in [0.25, 0.3) is 0 Å². The van der Waals surface area contributed by atoms with Crippen LogP contribution in [-0.2, 0) is 0 Å². The number of benzene rings is 1. The second-order valence-electron chi connectivity index (χ2n) is 8.26. The molecule has 2 atom stereocenters. The van der Waals surface area contributed by atoms with Crippen LogP contribution in [0, 0.1) is 17.3 Å². The summed E-state index contributed by atoms with van der Waals surface area (Å²) < 4.78 is 0. The summed E-state index contributed by atoms with van der Waals surface area (Å²) in [6, 6.07) is 11.9. The van der Waals surface area contributed by atoms with E-state index in [2.05, 4.69) is 56.4 Å². The van der Waals surface area contributed by atoms with Gasteiger partial charge in [0.05, 0.1) is 0 Å². The summed E-state index contributed by atoms with van der Waals surface area (Å²) in [6.07, 6.45) is 7.00. The van der Waals surface area contributed by atoms with Crippen LogP contribution in [0.2, 0.25) is 0 Å². The van der Waals surface area contributed by atoms with Gasteiger partial charge in [-0.15, -0.1) is 0 Å². The van der Waals surface area contributed by atoms with Gasteiger partial charge in [0.2, 0.25) is 0 Å². The molecule has 1 saturated heterocycles. The molecule has 2 unspecified atom stereocenters. The minimum absolute atomic E-state index is 0.493. The standard InChI is InChI=1S/C20H31N/c1-20(2,3)17-11-9-16(10-12-17)19-18(13-14-21-19)15-7-5-4-6-8-15/h4-8,16-19,21H,9-14H2,1-3H3. The lowest BCUT2D eigenvalue weighted by Crippen LogP contribution is -2.38. The van der Waals surface area contributed by atoms with Gasteiger partial charge in [-0.2, -0.15) is 0 Å². The maximum Gasteiger partial charge on any atom is 0.0164 e. The van der Waals surface area contributed by atoms with Gasteiger partial charge in [-0.25, -0.2) is 0 Å². The topological polar surface area (TPSA) is 12.0 Å². The quantitative estimate of drug-likeness (QED) is 0.807. The third kappa shape index (κ3) is 3.34. The van der Waals surface area contributed by atoms with E-state index in [1.165, 1.54) is 38.6 Å². The summed E-state index contributed by atoms with van der Waals surface area (Å²) in [6.45, 7) is 8.44. The predicted molar refractivity (Wildman–Crippen MR) is 90.5 cm³/mol. The Labute approximate surface area is 130 Å². The molecule has 1 aromatic carbocycles. The number of hydrogen-bond acceptors (Lipinski definition) is 1. The molecule has 21 heavy (non-hydrogen) atoms. The Morgan fingerprint density at radius 1 is 0.905 bits per heavy atom. The second-order valence-corrected chi connectivity index (χ2v) is 8.26. The van der Waals surface area contributed by atoms with Crippen molar-refractivity contribution in [3.63, 3.8) is 0 Å². The number of rotatable bonds is 2. The van der Waals surface area contributed by atoms with Gasteiger partial charge in [-0.05, 0) is 61.5 Å². The van der Waals surface area contributed by atoms with Crippen molar-refractivity contribution >= 4 is 0 Å². The molecule has 0 bridgehead atoms. The first-order valence-electron chi connectivity index (χ1n) is 8.84. The lowest BCUT2D eigenvalue weighted by molar-refractivity contribution is 0.133. The first kappa shape index (κ1) is 15.1. The minimum atomic E-state index is 0.493. The molecule has 1 saturated carbocycles. The van der Waals surface area contributed by atoms with Crippen LogP contribution >= 0.6 is 0 Å². The molecule has 0 radical (unpaired) electrons. The van der Waals surface area contributed by atoms with Crippen LogP contribution in [0.5, 0.6) is 0 Å². The zero-order valence-electron chi connectivity index (χ0n) is 13.9. The van der Waals surface area contributed by atoms with Crippen molar-refractivity contribution in [1.29, 1.82) is 0 Å². The highest BCUT2D eigenvalue weighted by molar-refractivity contribution is 5.23. The van der Waals surface area contributed by atoms with Gasteiger partial charge in [0.15, 0.2) is 0 Å². The molecule has 1 nitrogen and oxygen atoms in total. The van der Waals surface area contributed by atoms with E-state index in [4.69, 9.17) is 0 Å². The van der Waals surface area contributed by atoms with E-state index in [1.54, 1.807) is 5.56 Å². The van der Waals surface area contributed by atoms with E-state index in [-0.39, 0.29) is 0 Å². The largest absolute Gasteiger partial charge is 0.313 e. The van der Waals surface area contributed by atoms with Gasteiger partial charge in [-0.3, -0.25) is 0 Å². The van der Waals surface area contributed by atoms with Crippen molar-refractivity contribution in [3.8, 4) is 0 Å². The van der Waals surface area contributed by atoms with Crippen molar-refractivity contribution < 1.29 is 0 Å². The molecule has 2 aliphatic rings. The summed E-state index contributed by atoms with van der Waals surface area (Å²) in [5, 5.41) is 3.83. The zero-order valence-corrected chi connectivity index (χ0v) is 13.9. The van der Waals surface area contributed by atoms with E-state index in [9.17, 15) is 0 Å². The van der Waals surface area contributed by atoms with E-state index in [0.29, 0.717) is 11.5 Å². The lowest BCUT2D eigenvalue weighted by Gasteiger charge is -2.40. The van der Waals surface area contributed by atoms with Crippen molar-refractivity contribution in [1.82, 2.24) is 5.32 Å². The molecule has 1 heterocycles. The zero-order chi connectivity index (χ0) is 14.9. The summed E-state index contributed by atoms with van der Waals surface area (Å²) in [4.78, 5) is 0. The first-order valence-corrected chi connectivity index (χ1v) is 8.84. The maximum atomic E-state index is 3.83. The molecule has 1 N–H and O–H groups in total. The SMILES string of the molecule is CC(C)(C)C1CCC(C2NCCC2c2ccccc2)CC1. The van der Waals surface area contributed by atoms with Gasteiger partial charge in [0, 0.05) is 12.0 Å².